The maximum atomic E-state index is 13.1. The molecule has 0 saturated carbocycles. The molecule has 0 fully saturated rings. The summed E-state index contributed by atoms with van der Waals surface area (Å²) >= 11 is 12.0. The van der Waals surface area contributed by atoms with Crippen molar-refractivity contribution in [2.75, 3.05) is 6.54 Å². The Morgan fingerprint density at radius 3 is 2.29 bits per heavy atom. The van der Waals surface area contributed by atoms with Crippen LogP contribution in [-0.4, -0.2) is 15.0 Å². The third-order valence-corrected chi connectivity index (χ3v) is 5.00. The largest absolute Gasteiger partial charge is 0.240 e. The molecule has 0 heterocycles. The highest BCUT2D eigenvalue weighted by atomic mass is 35.5. The number of rotatable bonds is 5. The van der Waals surface area contributed by atoms with Gasteiger partial charge in [-0.05, 0) is 42.3 Å². The van der Waals surface area contributed by atoms with E-state index in [2.05, 4.69) is 4.72 Å². The highest BCUT2D eigenvalue weighted by Crippen LogP contribution is 2.24. The van der Waals surface area contributed by atoms with Crippen LogP contribution in [0.3, 0.4) is 0 Å². The van der Waals surface area contributed by atoms with Crippen molar-refractivity contribution in [2.45, 2.75) is 11.3 Å². The van der Waals surface area contributed by atoms with Gasteiger partial charge in [-0.3, -0.25) is 0 Å². The van der Waals surface area contributed by atoms with Gasteiger partial charge in [-0.2, -0.15) is 0 Å². The Hall–Kier alpha value is -1.14. The van der Waals surface area contributed by atoms with Crippen molar-refractivity contribution >= 4 is 33.2 Å². The molecule has 0 unspecified atom stereocenters. The van der Waals surface area contributed by atoms with Gasteiger partial charge in [0.25, 0.3) is 0 Å². The van der Waals surface area contributed by atoms with Gasteiger partial charge in [-0.15, -0.1) is 0 Å². The summed E-state index contributed by atoms with van der Waals surface area (Å²) in [6.07, 6.45) is 0.340. The van der Waals surface area contributed by atoms with Crippen LogP contribution in [-0.2, 0) is 16.4 Å². The zero-order chi connectivity index (χ0) is 15.5. The summed E-state index contributed by atoms with van der Waals surface area (Å²) in [7, 11) is -3.75. The molecule has 7 heteroatoms. The molecule has 2 aromatic rings. The minimum Gasteiger partial charge on any atom is -0.211 e. The smallest absolute Gasteiger partial charge is 0.211 e. The van der Waals surface area contributed by atoms with Crippen LogP contribution < -0.4 is 4.72 Å². The monoisotopic (exact) mass is 347 g/mol. The number of sulfonamides is 1. The molecule has 0 radical (unpaired) electrons. The lowest BCUT2D eigenvalue weighted by molar-refractivity contribution is 0.577. The molecule has 0 aliphatic rings. The highest BCUT2D eigenvalue weighted by Gasteiger charge is 2.14. The third-order valence-electron chi connectivity index (χ3n) is 2.84. The lowest BCUT2D eigenvalue weighted by atomic mass is 10.1. The molecule has 0 atom stereocenters. The van der Waals surface area contributed by atoms with Crippen LogP contribution in [0.25, 0.3) is 0 Å². The Morgan fingerprint density at radius 1 is 1.05 bits per heavy atom. The minimum atomic E-state index is -3.75. The second-order valence-corrected chi connectivity index (χ2v) is 6.89. The van der Waals surface area contributed by atoms with Crippen LogP contribution in [0.15, 0.2) is 47.4 Å². The predicted octanol–water partition coefficient (Wildman–Crippen LogP) is 3.65. The first-order chi connectivity index (χ1) is 9.90. The molecule has 3 nitrogen and oxygen atoms in total. The van der Waals surface area contributed by atoms with Gasteiger partial charge in [0, 0.05) is 16.6 Å². The van der Waals surface area contributed by atoms with Gasteiger partial charge in [0.2, 0.25) is 10.0 Å². The zero-order valence-electron chi connectivity index (χ0n) is 10.8. The molecule has 0 aliphatic heterocycles. The number of halogens is 3. The number of hydrogen-bond donors (Lipinski definition) is 1. The van der Waals surface area contributed by atoms with E-state index in [9.17, 15) is 12.8 Å². The minimum absolute atomic E-state index is 0.113. The molecule has 0 saturated heterocycles. The molecule has 0 aromatic heterocycles. The molecule has 112 valence electrons. The Kier molecular flexibility index (Phi) is 5.22. The SMILES string of the molecule is O=S(=O)(NCCc1c(Cl)cccc1Cl)c1cccc(F)c1. The summed E-state index contributed by atoms with van der Waals surface area (Å²) in [6, 6.07) is 9.90. The van der Waals surface area contributed by atoms with Crippen molar-refractivity contribution in [1.29, 1.82) is 0 Å². The molecule has 0 amide bonds. The average molecular weight is 348 g/mol. The molecule has 2 aromatic carbocycles. The van der Waals surface area contributed by atoms with Gasteiger partial charge < -0.3 is 0 Å². The maximum Gasteiger partial charge on any atom is 0.240 e. The van der Waals surface area contributed by atoms with Crippen molar-refractivity contribution in [3.05, 3.63) is 63.9 Å². The van der Waals surface area contributed by atoms with Crippen molar-refractivity contribution in [3.63, 3.8) is 0 Å². The molecule has 0 bridgehead atoms. The third kappa shape index (κ3) is 4.17. The highest BCUT2D eigenvalue weighted by molar-refractivity contribution is 7.89. The molecular weight excluding hydrogens is 336 g/mol. The average Bonchev–Trinajstić information content (AvgIpc) is 2.42. The van der Waals surface area contributed by atoms with Crippen LogP contribution in [0.5, 0.6) is 0 Å². The van der Waals surface area contributed by atoms with Gasteiger partial charge >= 0.3 is 0 Å². The summed E-state index contributed by atoms with van der Waals surface area (Å²) in [6.45, 7) is 0.113. The van der Waals surface area contributed by atoms with Gasteiger partial charge in [-0.1, -0.05) is 35.3 Å². The van der Waals surface area contributed by atoms with E-state index >= 15 is 0 Å². The fraction of sp³-hybridized carbons (Fsp3) is 0.143. The molecular formula is C14H12Cl2FNO2S. The van der Waals surface area contributed by atoms with E-state index in [1.165, 1.54) is 18.2 Å². The quantitative estimate of drug-likeness (QED) is 0.897. The number of hydrogen-bond acceptors (Lipinski definition) is 2. The standard InChI is InChI=1S/C14H12Cl2FNO2S/c15-13-5-2-6-14(16)12(13)7-8-18-21(19,20)11-4-1-3-10(17)9-11/h1-6,9,18H,7-8H2. The Labute approximate surface area is 132 Å². The molecule has 2 rings (SSSR count). The predicted molar refractivity (Wildman–Crippen MR) is 81.8 cm³/mol. The van der Waals surface area contributed by atoms with Gasteiger partial charge in [0.1, 0.15) is 5.82 Å². The fourth-order valence-electron chi connectivity index (χ4n) is 1.80. The van der Waals surface area contributed by atoms with E-state index in [1.54, 1.807) is 18.2 Å². The Balaban J connectivity index is 2.06. The van der Waals surface area contributed by atoms with E-state index in [-0.39, 0.29) is 11.4 Å². The van der Waals surface area contributed by atoms with E-state index < -0.39 is 15.8 Å². The summed E-state index contributed by atoms with van der Waals surface area (Å²) in [5, 5.41) is 0.958. The van der Waals surface area contributed by atoms with Crippen molar-refractivity contribution in [1.82, 2.24) is 4.72 Å². The topological polar surface area (TPSA) is 46.2 Å². The fourth-order valence-corrected chi connectivity index (χ4v) is 3.45. The van der Waals surface area contributed by atoms with E-state index in [0.29, 0.717) is 22.0 Å². The Bertz CT molecular complexity index is 730. The van der Waals surface area contributed by atoms with Crippen molar-refractivity contribution in [2.24, 2.45) is 0 Å². The normalized spacial score (nSPS) is 11.6. The summed E-state index contributed by atoms with van der Waals surface area (Å²) in [4.78, 5) is -0.118. The molecule has 0 spiro atoms. The zero-order valence-corrected chi connectivity index (χ0v) is 13.1. The second kappa shape index (κ2) is 6.75. The van der Waals surface area contributed by atoms with Crippen molar-refractivity contribution in [3.8, 4) is 0 Å². The van der Waals surface area contributed by atoms with Gasteiger partial charge in [0.05, 0.1) is 4.90 Å². The first kappa shape index (κ1) is 16.2. The second-order valence-electron chi connectivity index (χ2n) is 4.31. The number of benzene rings is 2. The maximum absolute atomic E-state index is 13.1. The van der Waals surface area contributed by atoms with Crippen LogP contribution in [0, 0.1) is 5.82 Å². The summed E-state index contributed by atoms with van der Waals surface area (Å²) in [5.74, 6) is -0.605. The van der Waals surface area contributed by atoms with Gasteiger partial charge in [-0.25, -0.2) is 17.5 Å². The van der Waals surface area contributed by atoms with E-state index in [1.807, 2.05) is 0 Å². The first-order valence-electron chi connectivity index (χ1n) is 6.08. The Morgan fingerprint density at radius 2 is 1.67 bits per heavy atom. The van der Waals surface area contributed by atoms with Crippen LogP contribution in [0.4, 0.5) is 4.39 Å². The lowest BCUT2D eigenvalue weighted by Gasteiger charge is -2.09. The molecule has 0 aliphatic carbocycles. The van der Waals surface area contributed by atoms with E-state index in [4.69, 9.17) is 23.2 Å². The van der Waals surface area contributed by atoms with Crippen LogP contribution >= 0.6 is 23.2 Å². The summed E-state index contributed by atoms with van der Waals surface area (Å²) < 4.78 is 39.5. The van der Waals surface area contributed by atoms with Gasteiger partial charge in [0.15, 0.2) is 0 Å². The lowest BCUT2D eigenvalue weighted by Crippen LogP contribution is -2.26. The molecule has 1 N–H and O–H groups in total. The van der Waals surface area contributed by atoms with Crippen molar-refractivity contribution < 1.29 is 12.8 Å². The number of nitrogens with one attached hydrogen (secondary N) is 1. The van der Waals surface area contributed by atoms with Crippen LogP contribution in [0.1, 0.15) is 5.56 Å². The molecule has 21 heavy (non-hydrogen) atoms. The summed E-state index contributed by atoms with van der Waals surface area (Å²) in [5.41, 5.74) is 0.669. The first-order valence-corrected chi connectivity index (χ1v) is 8.32. The van der Waals surface area contributed by atoms with Crippen LogP contribution in [0.2, 0.25) is 10.0 Å². The van der Waals surface area contributed by atoms with E-state index in [0.717, 1.165) is 6.07 Å².